The summed E-state index contributed by atoms with van der Waals surface area (Å²) in [5, 5.41) is 0. The van der Waals surface area contributed by atoms with Crippen molar-refractivity contribution >= 4 is 15.6 Å². The lowest BCUT2D eigenvalue weighted by Crippen LogP contribution is -2.21. The van der Waals surface area contributed by atoms with E-state index in [0.29, 0.717) is 6.54 Å². The Morgan fingerprint density at radius 2 is 1.69 bits per heavy atom. The quantitative estimate of drug-likeness (QED) is 0.376. The summed E-state index contributed by atoms with van der Waals surface area (Å²) in [5.41, 5.74) is 0. The Labute approximate surface area is 80.7 Å². The normalized spacial score (nSPS) is 8.69. The lowest BCUT2D eigenvalue weighted by molar-refractivity contribution is 0.163. The van der Waals surface area contributed by atoms with Crippen LogP contribution < -0.4 is 0 Å². The van der Waals surface area contributed by atoms with Gasteiger partial charge in [0.1, 0.15) is 0 Å². The fraction of sp³-hybridized carbons (Fsp3) is 0.857. The molecule has 0 aliphatic carbocycles. The van der Waals surface area contributed by atoms with Gasteiger partial charge in [0.2, 0.25) is 6.08 Å². The molecular weight excluding hydrogens is 190 g/mol. The molecule has 0 spiro atoms. The standard InChI is InChI=1S/C4H7NO.C3H9O3Si/c1-2-3-5-4-6;1-4-7(5-2)6-3/h2-3H2,1H3;1-3H3. The molecule has 1 radical (unpaired) electrons. The number of carbonyl (C=O) groups excluding carboxylic acids is 1. The van der Waals surface area contributed by atoms with Crippen LogP contribution in [0.2, 0.25) is 0 Å². The van der Waals surface area contributed by atoms with Crippen LogP contribution in [0.5, 0.6) is 0 Å². The van der Waals surface area contributed by atoms with E-state index in [1.54, 1.807) is 21.3 Å². The van der Waals surface area contributed by atoms with Crippen molar-refractivity contribution in [3.63, 3.8) is 0 Å². The lowest BCUT2D eigenvalue weighted by atomic mass is 10.5. The van der Waals surface area contributed by atoms with Crippen molar-refractivity contribution in [3.05, 3.63) is 0 Å². The van der Waals surface area contributed by atoms with E-state index in [-0.39, 0.29) is 0 Å². The summed E-state index contributed by atoms with van der Waals surface area (Å²) in [6, 6.07) is 0. The van der Waals surface area contributed by atoms with Crippen LogP contribution in [0.15, 0.2) is 4.99 Å². The van der Waals surface area contributed by atoms with Gasteiger partial charge in [-0.25, -0.2) is 9.79 Å². The minimum Gasteiger partial charge on any atom is -0.375 e. The van der Waals surface area contributed by atoms with E-state index in [1.165, 1.54) is 6.08 Å². The maximum Gasteiger partial charge on any atom is 0.576 e. The van der Waals surface area contributed by atoms with Crippen LogP contribution in [0.25, 0.3) is 0 Å². The second kappa shape index (κ2) is 14.0. The van der Waals surface area contributed by atoms with Crippen LogP contribution in [0.3, 0.4) is 0 Å². The molecule has 77 valence electrons. The Balaban J connectivity index is 0. The molecule has 0 aromatic carbocycles. The summed E-state index contributed by atoms with van der Waals surface area (Å²) in [6.07, 6.45) is 2.37. The third-order valence-corrected chi connectivity index (χ3v) is 1.90. The van der Waals surface area contributed by atoms with Crippen LogP contribution in [0.4, 0.5) is 0 Å². The van der Waals surface area contributed by atoms with E-state index in [4.69, 9.17) is 13.3 Å². The molecule has 0 saturated carbocycles. The summed E-state index contributed by atoms with van der Waals surface area (Å²) in [7, 11) is 3.31. The van der Waals surface area contributed by atoms with Gasteiger partial charge < -0.3 is 13.3 Å². The first-order valence-electron chi connectivity index (χ1n) is 3.79. The van der Waals surface area contributed by atoms with E-state index in [2.05, 4.69) is 4.99 Å². The zero-order valence-electron chi connectivity index (χ0n) is 8.49. The molecule has 0 amide bonds. The number of hydrogen-bond acceptors (Lipinski definition) is 5. The fourth-order valence-corrected chi connectivity index (χ4v) is 0.907. The zero-order valence-corrected chi connectivity index (χ0v) is 9.49. The van der Waals surface area contributed by atoms with E-state index >= 15 is 0 Å². The van der Waals surface area contributed by atoms with Gasteiger partial charge in [-0.1, -0.05) is 6.92 Å². The summed E-state index contributed by atoms with van der Waals surface area (Å²) in [4.78, 5) is 12.6. The van der Waals surface area contributed by atoms with Crippen LogP contribution in [0.1, 0.15) is 13.3 Å². The topological polar surface area (TPSA) is 57.1 Å². The van der Waals surface area contributed by atoms with E-state index in [9.17, 15) is 4.79 Å². The second-order valence-electron chi connectivity index (χ2n) is 1.84. The second-order valence-corrected chi connectivity index (χ2v) is 3.56. The van der Waals surface area contributed by atoms with Gasteiger partial charge >= 0.3 is 9.53 Å². The first-order chi connectivity index (χ1) is 6.26. The monoisotopic (exact) mass is 206 g/mol. The predicted molar refractivity (Wildman–Crippen MR) is 50.1 cm³/mol. The number of isocyanates is 1. The van der Waals surface area contributed by atoms with Crippen molar-refractivity contribution in [1.29, 1.82) is 0 Å². The van der Waals surface area contributed by atoms with Gasteiger partial charge in [-0.2, -0.15) is 0 Å². The third kappa shape index (κ3) is 14.3. The summed E-state index contributed by atoms with van der Waals surface area (Å²) < 4.78 is 14.1. The minimum atomic E-state index is -1.36. The molecule has 0 heterocycles. The molecule has 0 N–H and O–H groups in total. The molecule has 0 saturated heterocycles. The maximum atomic E-state index is 9.27. The van der Waals surface area contributed by atoms with E-state index in [0.717, 1.165) is 6.42 Å². The van der Waals surface area contributed by atoms with Crippen molar-refractivity contribution in [2.75, 3.05) is 27.9 Å². The maximum absolute atomic E-state index is 9.27. The Bertz CT molecular complexity index is 129. The molecule has 0 atom stereocenters. The van der Waals surface area contributed by atoms with Gasteiger partial charge in [-0.05, 0) is 6.42 Å². The summed E-state index contributed by atoms with van der Waals surface area (Å²) >= 11 is 0. The third-order valence-electron chi connectivity index (χ3n) is 0.900. The van der Waals surface area contributed by atoms with E-state index < -0.39 is 9.53 Å². The number of hydrogen-bond donors (Lipinski definition) is 0. The largest absolute Gasteiger partial charge is 0.576 e. The van der Waals surface area contributed by atoms with Crippen LogP contribution >= 0.6 is 0 Å². The van der Waals surface area contributed by atoms with Crippen LogP contribution in [-0.2, 0) is 18.1 Å². The minimum absolute atomic E-state index is 0.615. The molecule has 0 aliphatic heterocycles. The molecular formula is C7H16NO4Si. The summed E-state index contributed by atoms with van der Waals surface area (Å²) in [5.74, 6) is 0. The Morgan fingerprint density at radius 1 is 1.23 bits per heavy atom. The van der Waals surface area contributed by atoms with Gasteiger partial charge in [0, 0.05) is 21.3 Å². The predicted octanol–water partition coefficient (Wildman–Crippen LogP) is 0.643. The number of rotatable bonds is 5. The smallest absolute Gasteiger partial charge is 0.375 e. The molecule has 0 aliphatic rings. The summed E-state index contributed by atoms with van der Waals surface area (Å²) in [6.45, 7) is 2.57. The Hall–Kier alpha value is -0.523. The first-order valence-corrected chi connectivity index (χ1v) is 5.01. The first kappa shape index (κ1) is 15.0. The number of nitrogens with zero attached hydrogens (tertiary/aromatic N) is 1. The molecule has 0 aromatic heterocycles. The van der Waals surface area contributed by atoms with Gasteiger partial charge in [0.25, 0.3) is 0 Å². The van der Waals surface area contributed by atoms with Crippen LogP contribution in [0, 0.1) is 0 Å². The van der Waals surface area contributed by atoms with Gasteiger partial charge in [0.05, 0.1) is 6.54 Å². The molecule has 5 nitrogen and oxygen atoms in total. The highest BCUT2D eigenvalue weighted by Crippen LogP contribution is 1.81. The molecule has 0 aromatic rings. The highest BCUT2D eigenvalue weighted by atomic mass is 28.3. The van der Waals surface area contributed by atoms with Gasteiger partial charge in [0.15, 0.2) is 0 Å². The highest BCUT2D eigenvalue weighted by molar-refractivity contribution is 6.36. The molecule has 13 heavy (non-hydrogen) atoms. The Morgan fingerprint density at radius 3 is 1.77 bits per heavy atom. The molecule has 0 unspecified atom stereocenters. The molecule has 6 heteroatoms. The fourth-order valence-electron chi connectivity index (χ4n) is 0.407. The number of aliphatic imine (C=N–C) groups is 1. The molecule has 0 fully saturated rings. The molecule has 0 rings (SSSR count). The van der Waals surface area contributed by atoms with Crippen molar-refractivity contribution < 1.29 is 18.1 Å². The van der Waals surface area contributed by atoms with Gasteiger partial charge in [-0.15, -0.1) is 0 Å². The average Bonchev–Trinajstić information content (AvgIpc) is 2.18. The highest BCUT2D eigenvalue weighted by Gasteiger charge is 2.09. The molecule has 0 bridgehead atoms. The Kier molecular flexibility index (Phi) is 16.2. The SMILES string of the molecule is CCCN=C=O.CO[Si](OC)OC. The van der Waals surface area contributed by atoms with Crippen molar-refractivity contribution in [2.24, 2.45) is 4.99 Å². The van der Waals surface area contributed by atoms with Gasteiger partial charge in [-0.3, -0.25) is 0 Å². The van der Waals surface area contributed by atoms with Crippen molar-refractivity contribution in [2.45, 2.75) is 13.3 Å². The van der Waals surface area contributed by atoms with Crippen molar-refractivity contribution in [3.8, 4) is 0 Å². The average molecular weight is 206 g/mol. The lowest BCUT2D eigenvalue weighted by Gasteiger charge is -2.02. The van der Waals surface area contributed by atoms with Crippen LogP contribution in [-0.4, -0.2) is 43.5 Å². The van der Waals surface area contributed by atoms with Crippen molar-refractivity contribution in [1.82, 2.24) is 0 Å². The zero-order chi connectivity index (χ0) is 10.5. The van der Waals surface area contributed by atoms with E-state index in [1.807, 2.05) is 6.92 Å².